The number of alkyl halides is 3. The van der Waals surface area contributed by atoms with Gasteiger partial charge in [-0.15, -0.1) is 0 Å². The molecule has 1 fully saturated rings. The van der Waals surface area contributed by atoms with Crippen molar-refractivity contribution in [1.82, 2.24) is 0 Å². The van der Waals surface area contributed by atoms with Crippen molar-refractivity contribution in [3.63, 3.8) is 0 Å². The van der Waals surface area contributed by atoms with Crippen LogP contribution in [0.5, 0.6) is 0 Å². The number of aryl methyl sites for hydroxylation is 1. The van der Waals surface area contributed by atoms with Gasteiger partial charge in [-0.3, -0.25) is 9.69 Å². The molecule has 1 unspecified atom stereocenters. The number of unbranched alkanes of at least 4 members (excludes halogenated alkanes) is 1. The average molecular weight is 489 g/mol. The quantitative estimate of drug-likeness (QED) is 0.289. The van der Waals surface area contributed by atoms with Gasteiger partial charge in [-0.25, -0.2) is 4.39 Å². The summed E-state index contributed by atoms with van der Waals surface area (Å²) >= 11 is 5.50. The molecule has 176 valence electrons. The van der Waals surface area contributed by atoms with Gasteiger partial charge in [0.1, 0.15) is 11.4 Å². The first kappa shape index (κ1) is 25.1. The Morgan fingerprint density at radius 3 is 2.35 bits per heavy atom. The Labute approximate surface area is 199 Å². The lowest BCUT2D eigenvalue weighted by molar-refractivity contribution is -0.137. The minimum absolute atomic E-state index is 0.0937. The van der Waals surface area contributed by atoms with Gasteiger partial charge in [0.2, 0.25) is 0 Å². The highest BCUT2D eigenvalue weighted by Gasteiger charge is 2.52. The van der Waals surface area contributed by atoms with Gasteiger partial charge in [0.05, 0.1) is 29.0 Å². The lowest BCUT2D eigenvalue weighted by Crippen LogP contribution is -2.46. The van der Waals surface area contributed by atoms with Crippen LogP contribution < -0.4 is 9.80 Å². The molecule has 0 bridgehead atoms. The van der Waals surface area contributed by atoms with E-state index in [4.69, 9.17) is 22.7 Å². The Morgan fingerprint density at radius 2 is 1.79 bits per heavy atom. The number of benzene rings is 2. The number of amides is 1. The summed E-state index contributed by atoms with van der Waals surface area (Å²) in [7, 11) is 0. The van der Waals surface area contributed by atoms with Crippen molar-refractivity contribution in [2.45, 2.75) is 51.2 Å². The van der Waals surface area contributed by atoms with Gasteiger partial charge in [-0.05, 0) is 74.3 Å². The first-order valence-electron chi connectivity index (χ1n) is 10.4. The van der Waals surface area contributed by atoms with Crippen molar-refractivity contribution in [3.8, 4) is 12.1 Å². The number of rotatable bonds is 6. The number of hydrogen-bond donors (Lipinski definition) is 0. The lowest BCUT2D eigenvalue weighted by atomic mass is 9.95. The molecule has 1 amide bonds. The van der Waals surface area contributed by atoms with Crippen molar-refractivity contribution < 1.29 is 22.4 Å². The number of nitriles is 2. The third-order valence-corrected chi connectivity index (χ3v) is 6.31. The van der Waals surface area contributed by atoms with Crippen LogP contribution in [0, 0.1) is 28.5 Å². The van der Waals surface area contributed by atoms with Gasteiger partial charge >= 0.3 is 6.18 Å². The summed E-state index contributed by atoms with van der Waals surface area (Å²) in [5.74, 6) is -1.09. The summed E-state index contributed by atoms with van der Waals surface area (Å²) in [5.41, 5.74) is -2.44. The summed E-state index contributed by atoms with van der Waals surface area (Å²) in [6.45, 7) is 3.32. The van der Waals surface area contributed by atoms with E-state index in [2.05, 4.69) is 0 Å². The molecule has 0 N–H and O–H groups in total. The fourth-order valence-electron chi connectivity index (χ4n) is 3.91. The normalized spacial score (nSPS) is 18.2. The third-order valence-electron chi connectivity index (χ3n) is 5.95. The van der Waals surface area contributed by atoms with E-state index in [9.17, 15) is 22.4 Å². The molecule has 2 aromatic carbocycles. The molecular formula is C24H20F4N4OS. The predicted molar refractivity (Wildman–Crippen MR) is 122 cm³/mol. The van der Waals surface area contributed by atoms with Crippen molar-refractivity contribution in [1.29, 1.82) is 10.5 Å². The molecule has 0 spiro atoms. The summed E-state index contributed by atoms with van der Waals surface area (Å²) < 4.78 is 55.3. The van der Waals surface area contributed by atoms with Crippen LogP contribution in [-0.4, -0.2) is 16.6 Å². The Balaban J connectivity index is 2.06. The van der Waals surface area contributed by atoms with Crippen LogP contribution in [0.1, 0.15) is 49.8 Å². The van der Waals surface area contributed by atoms with E-state index in [1.165, 1.54) is 23.1 Å². The maximum Gasteiger partial charge on any atom is 0.417 e. The maximum absolute atomic E-state index is 14.8. The average Bonchev–Trinajstić information content (AvgIpc) is 2.99. The zero-order valence-electron chi connectivity index (χ0n) is 18.4. The molecule has 10 heteroatoms. The SMILES string of the molecule is CCC1(C)C(=O)N(c2ccc(C#N)c(C(F)(F)F)c2)C(=S)N1c1ccc(CCCC#N)c(F)c1. The highest BCUT2D eigenvalue weighted by Crippen LogP contribution is 2.41. The van der Waals surface area contributed by atoms with E-state index >= 15 is 0 Å². The van der Waals surface area contributed by atoms with E-state index in [1.54, 1.807) is 26.0 Å². The molecule has 0 aromatic heterocycles. The second kappa shape index (κ2) is 9.40. The Hall–Kier alpha value is -3.50. The second-order valence-electron chi connectivity index (χ2n) is 8.01. The van der Waals surface area contributed by atoms with Crippen LogP contribution >= 0.6 is 12.2 Å². The van der Waals surface area contributed by atoms with Crippen molar-refractivity contribution in [2.75, 3.05) is 9.80 Å². The van der Waals surface area contributed by atoms with Gasteiger partial charge in [-0.1, -0.05) is 13.0 Å². The summed E-state index contributed by atoms with van der Waals surface area (Å²) in [4.78, 5) is 15.9. The number of nitrogens with zero attached hydrogens (tertiary/aromatic N) is 4. The fraction of sp³-hybridized carbons (Fsp3) is 0.333. The molecule has 1 heterocycles. The minimum atomic E-state index is -4.80. The molecule has 0 radical (unpaired) electrons. The van der Waals surface area contributed by atoms with Gasteiger partial charge in [-0.2, -0.15) is 23.7 Å². The summed E-state index contributed by atoms with van der Waals surface area (Å²) in [5, 5.41) is 17.6. The van der Waals surface area contributed by atoms with E-state index in [-0.39, 0.29) is 22.9 Å². The largest absolute Gasteiger partial charge is 0.417 e. The molecule has 34 heavy (non-hydrogen) atoms. The summed E-state index contributed by atoms with van der Waals surface area (Å²) in [6, 6.07) is 10.9. The van der Waals surface area contributed by atoms with Crippen LogP contribution in [-0.2, 0) is 17.4 Å². The smallest absolute Gasteiger partial charge is 0.303 e. The molecule has 1 aliphatic heterocycles. The number of hydrogen-bond acceptors (Lipinski definition) is 4. The number of anilines is 2. The monoisotopic (exact) mass is 488 g/mol. The maximum atomic E-state index is 14.8. The number of carbonyl (C=O) groups excluding carboxylic acids is 1. The Bertz CT molecular complexity index is 1230. The zero-order valence-corrected chi connectivity index (χ0v) is 19.2. The molecule has 1 aliphatic rings. The zero-order chi connectivity index (χ0) is 25.3. The van der Waals surface area contributed by atoms with Crippen LogP contribution in [0.4, 0.5) is 28.9 Å². The molecule has 1 atom stereocenters. The highest BCUT2D eigenvalue weighted by atomic mass is 32.1. The van der Waals surface area contributed by atoms with E-state index in [0.717, 1.165) is 17.0 Å². The Kier molecular flexibility index (Phi) is 6.94. The topological polar surface area (TPSA) is 71.1 Å². The van der Waals surface area contributed by atoms with Crippen molar-refractivity contribution in [2.24, 2.45) is 0 Å². The van der Waals surface area contributed by atoms with Crippen LogP contribution in [0.25, 0.3) is 0 Å². The first-order valence-corrected chi connectivity index (χ1v) is 10.9. The van der Waals surface area contributed by atoms with E-state index in [1.807, 2.05) is 6.07 Å². The lowest BCUT2D eigenvalue weighted by Gasteiger charge is -2.32. The van der Waals surface area contributed by atoms with Crippen LogP contribution in [0.2, 0.25) is 0 Å². The molecule has 0 aliphatic carbocycles. The third kappa shape index (κ3) is 4.34. The van der Waals surface area contributed by atoms with E-state index < -0.39 is 34.6 Å². The van der Waals surface area contributed by atoms with Crippen LogP contribution in [0.15, 0.2) is 36.4 Å². The molecule has 3 rings (SSSR count). The highest BCUT2D eigenvalue weighted by molar-refractivity contribution is 7.81. The summed E-state index contributed by atoms with van der Waals surface area (Å²) in [6.07, 6.45) is -3.40. The first-order chi connectivity index (χ1) is 16.0. The van der Waals surface area contributed by atoms with Crippen molar-refractivity contribution >= 4 is 34.6 Å². The molecule has 1 saturated heterocycles. The molecule has 5 nitrogen and oxygen atoms in total. The van der Waals surface area contributed by atoms with Gasteiger partial charge in [0, 0.05) is 12.1 Å². The molecule has 0 saturated carbocycles. The predicted octanol–water partition coefficient (Wildman–Crippen LogP) is 5.87. The Morgan fingerprint density at radius 1 is 1.12 bits per heavy atom. The second-order valence-corrected chi connectivity index (χ2v) is 8.38. The van der Waals surface area contributed by atoms with Gasteiger partial charge in [0.25, 0.3) is 5.91 Å². The minimum Gasteiger partial charge on any atom is -0.303 e. The van der Waals surface area contributed by atoms with Crippen molar-refractivity contribution in [3.05, 3.63) is 58.9 Å². The number of halogens is 4. The number of carbonyl (C=O) groups is 1. The van der Waals surface area contributed by atoms with E-state index in [0.29, 0.717) is 24.8 Å². The molecule has 2 aromatic rings. The number of thiocarbonyl (C=S) groups is 1. The van der Waals surface area contributed by atoms with Crippen LogP contribution in [0.3, 0.4) is 0 Å². The molecular weight excluding hydrogens is 468 g/mol. The van der Waals surface area contributed by atoms with Gasteiger partial charge < -0.3 is 4.90 Å². The fourth-order valence-corrected chi connectivity index (χ4v) is 4.40. The standard InChI is InChI=1S/C24H20F4N4OS/c1-3-23(2)21(33)31(17-9-8-16(14-30)19(12-17)24(26,27)28)22(34)32(23)18-10-7-15(20(25)13-18)6-4-5-11-29/h7-10,12-13H,3-6H2,1-2H3. The van der Waals surface area contributed by atoms with Gasteiger partial charge in [0.15, 0.2) is 5.11 Å².